The molecular weight excluding hydrogens is 320 g/mol. The van der Waals surface area contributed by atoms with Crippen LogP contribution >= 0.6 is 0 Å². The first-order valence-electron chi connectivity index (χ1n) is 8.24. The smallest absolute Gasteiger partial charge is 0.306 e. The van der Waals surface area contributed by atoms with Gasteiger partial charge in [0.25, 0.3) is 5.91 Å². The van der Waals surface area contributed by atoms with Crippen molar-refractivity contribution >= 4 is 11.9 Å². The summed E-state index contributed by atoms with van der Waals surface area (Å²) in [6.45, 7) is 2.81. The molecule has 6 heteroatoms. The molecule has 130 valence electrons. The van der Waals surface area contributed by atoms with Gasteiger partial charge in [0, 0.05) is 24.8 Å². The van der Waals surface area contributed by atoms with Crippen LogP contribution in [0.1, 0.15) is 23.7 Å². The normalized spacial score (nSPS) is 20.1. The highest BCUT2D eigenvalue weighted by molar-refractivity contribution is 5.94. The number of hydrogen-bond donors (Lipinski definition) is 1. The van der Waals surface area contributed by atoms with Crippen LogP contribution in [0.15, 0.2) is 48.8 Å². The average Bonchev–Trinajstić information content (AvgIpc) is 2.62. The van der Waals surface area contributed by atoms with Crippen LogP contribution in [0.25, 0.3) is 0 Å². The van der Waals surface area contributed by atoms with E-state index in [0.29, 0.717) is 36.6 Å². The number of ether oxygens (including phenoxy) is 1. The highest BCUT2D eigenvalue weighted by atomic mass is 16.5. The fraction of sp³-hybridized carbons (Fsp3) is 0.316. The molecule has 1 aromatic heterocycles. The van der Waals surface area contributed by atoms with Crippen molar-refractivity contribution in [2.75, 3.05) is 13.1 Å². The Labute approximate surface area is 146 Å². The van der Waals surface area contributed by atoms with Crippen molar-refractivity contribution < 1.29 is 19.4 Å². The largest absolute Gasteiger partial charge is 0.481 e. The zero-order valence-corrected chi connectivity index (χ0v) is 14.0. The summed E-state index contributed by atoms with van der Waals surface area (Å²) < 4.78 is 5.66. The van der Waals surface area contributed by atoms with E-state index in [0.717, 1.165) is 0 Å². The minimum absolute atomic E-state index is 0.0524. The second kappa shape index (κ2) is 7.34. The standard InChI is InChI=1S/C19H20N2O4/c1-13-12-21(10-8-17(13)19(23)24)18(22)14-4-6-15(7-5-14)25-16-3-2-9-20-11-16/h2-7,9,11,13,17H,8,10,12H2,1H3,(H,23,24). The quantitative estimate of drug-likeness (QED) is 0.925. The lowest BCUT2D eigenvalue weighted by Gasteiger charge is -2.35. The van der Waals surface area contributed by atoms with E-state index in [1.54, 1.807) is 53.7 Å². The number of aliphatic carboxylic acids is 1. The van der Waals surface area contributed by atoms with Gasteiger partial charge >= 0.3 is 5.97 Å². The number of benzene rings is 1. The molecule has 1 aliphatic heterocycles. The second-order valence-electron chi connectivity index (χ2n) is 6.28. The molecule has 1 aromatic carbocycles. The van der Waals surface area contributed by atoms with Gasteiger partial charge in [-0.2, -0.15) is 0 Å². The summed E-state index contributed by atoms with van der Waals surface area (Å²) in [7, 11) is 0. The minimum atomic E-state index is -0.781. The molecule has 2 atom stereocenters. The molecule has 0 spiro atoms. The molecule has 0 radical (unpaired) electrons. The first-order valence-corrected chi connectivity index (χ1v) is 8.24. The Morgan fingerprint density at radius 2 is 1.96 bits per heavy atom. The van der Waals surface area contributed by atoms with Gasteiger partial charge in [0.05, 0.1) is 12.1 Å². The van der Waals surface area contributed by atoms with Crippen molar-refractivity contribution in [1.82, 2.24) is 9.88 Å². The predicted octanol–water partition coefficient (Wildman–Crippen LogP) is 3.06. The maximum absolute atomic E-state index is 12.6. The van der Waals surface area contributed by atoms with Crippen LogP contribution in [0.4, 0.5) is 0 Å². The van der Waals surface area contributed by atoms with Gasteiger partial charge in [-0.05, 0) is 48.7 Å². The maximum atomic E-state index is 12.6. The lowest BCUT2D eigenvalue weighted by molar-refractivity contribution is -0.145. The third kappa shape index (κ3) is 3.96. The van der Waals surface area contributed by atoms with Gasteiger partial charge in [0.1, 0.15) is 11.5 Å². The number of carboxylic acids is 1. The van der Waals surface area contributed by atoms with E-state index in [1.807, 2.05) is 6.92 Å². The van der Waals surface area contributed by atoms with Crippen LogP contribution in [0.3, 0.4) is 0 Å². The van der Waals surface area contributed by atoms with Crippen molar-refractivity contribution in [2.45, 2.75) is 13.3 Å². The molecule has 2 heterocycles. The van der Waals surface area contributed by atoms with Gasteiger partial charge in [-0.15, -0.1) is 0 Å². The first-order chi connectivity index (χ1) is 12.0. The topological polar surface area (TPSA) is 79.7 Å². The van der Waals surface area contributed by atoms with Crippen molar-refractivity contribution in [3.63, 3.8) is 0 Å². The highest BCUT2D eigenvalue weighted by Crippen LogP contribution is 2.26. The van der Waals surface area contributed by atoms with Crippen molar-refractivity contribution in [3.05, 3.63) is 54.4 Å². The molecule has 1 aliphatic rings. The third-order valence-electron chi connectivity index (χ3n) is 4.48. The number of amides is 1. The van der Waals surface area contributed by atoms with Gasteiger partial charge in [-0.1, -0.05) is 6.92 Å². The first kappa shape index (κ1) is 17.0. The molecule has 0 bridgehead atoms. The van der Waals surface area contributed by atoms with E-state index >= 15 is 0 Å². The Hall–Kier alpha value is -2.89. The Bertz CT molecular complexity index is 746. The van der Waals surface area contributed by atoms with Crippen molar-refractivity contribution in [3.8, 4) is 11.5 Å². The van der Waals surface area contributed by atoms with E-state index in [2.05, 4.69) is 4.98 Å². The Kier molecular flexibility index (Phi) is 4.97. The van der Waals surface area contributed by atoms with E-state index in [4.69, 9.17) is 4.74 Å². The molecule has 25 heavy (non-hydrogen) atoms. The molecule has 0 saturated carbocycles. The highest BCUT2D eigenvalue weighted by Gasteiger charge is 2.33. The van der Waals surface area contributed by atoms with Crippen molar-refractivity contribution in [2.24, 2.45) is 11.8 Å². The number of nitrogens with zero attached hydrogens (tertiary/aromatic N) is 2. The zero-order valence-electron chi connectivity index (χ0n) is 14.0. The molecule has 6 nitrogen and oxygen atoms in total. The molecule has 3 rings (SSSR count). The van der Waals surface area contributed by atoms with Crippen LogP contribution in [-0.4, -0.2) is 40.0 Å². The number of carboxylic acid groups (broad SMARTS) is 1. The number of carbonyl (C=O) groups excluding carboxylic acids is 1. The molecule has 0 aliphatic carbocycles. The number of piperidine rings is 1. The monoisotopic (exact) mass is 340 g/mol. The number of rotatable bonds is 4. The summed E-state index contributed by atoms with van der Waals surface area (Å²) in [5.74, 6) is -0.0311. The number of carbonyl (C=O) groups is 2. The molecule has 1 amide bonds. The number of hydrogen-bond acceptors (Lipinski definition) is 4. The van der Waals surface area contributed by atoms with Crippen LogP contribution in [-0.2, 0) is 4.79 Å². The Morgan fingerprint density at radius 1 is 1.20 bits per heavy atom. The van der Waals surface area contributed by atoms with Gasteiger partial charge in [-0.3, -0.25) is 14.6 Å². The Morgan fingerprint density at radius 3 is 2.56 bits per heavy atom. The van der Waals surface area contributed by atoms with Crippen LogP contribution in [0, 0.1) is 11.8 Å². The number of likely N-dealkylation sites (tertiary alicyclic amines) is 1. The zero-order chi connectivity index (χ0) is 17.8. The summed E-state index contributed by atoms with van der Waals surface area (Å²) in [4.78, 5) is 29.5. The summed E-state index contributed by atoms with van der Waals surface area (Å²) in [6.07, 6.45) is 3.78. The van der Waals surface area contributed by atoms with E-state index in [-0.39, 0.29) is 17.7 Å². The van der Waals surface area contributed by atoms with E-state index in [9.17, 15) is 14.7 Å². The summed E-state index contributed by atoms with van der Waals surface area (Å²) >= 11 is 0. The minimum Gasteiger partial charge on any atom is -0.481 e. The fourth-order valence-electron chi connectivity index (χ4n) is 3.09. The lowest BCUT2D eigenvalue weighted by atomic mass is 9.87. The average molecular weight is 340 g/mol. The van der Waals surface area contributed by atoms with Crippen molar-refractivity contribution in [1.29, 1.82) is 0 Å². The molecule has 1 N–H and O–H groups in total. The van der Waals surface area contributed by atoms with Crippen LogP contribution < -0.4 is 4.74 Å². The fourth-order valence-corrected chi connectivity index (χ4v) is 3.09. The molecule has 1 fully saturated rings. The molecule has 1 saturated heterocycles. The number of pyridine rings is 1. The number of aromatic nitrogens is 1. The van der Waals surface area contributed by atoms with Gasteiger partial charge in [0.15, 0.2) is 0 Å². The van der Waals surface area contributed by atoms with Gasteiger partial charge in [0.2, 0.25) is 0 Å². The maximum Gasteiger partial charge on any atom is 0.306 e. The SMILES string of the molecule is CC1CN(C(=O)c2ccc(Oc3cccnc3)cc2)CCC1C(=O)O. The summed E-state index contributed by atoms with van der Waals surface area (Å²) in [5.41, 5.74) is 0.569. The molecule has 2 unspecified atom stereocenters. The van der Waals surface area contributed by atoms with Crippen LogP contribution in [0.5, 0.6) is 11.5 Å². The lowest BCUT2D eigenvalue weighted by Crippen LogP contribution is -2.44. The molecule has 2 aromatic rings. The second-order valence-corrected chi connectivity index (χ2v) is 6.28. The summed E-state index contributed by atoms with van der Waals surface area (Å²) in [6, 6.07) is 10.5. The van der Waals surface area contributed by atoms with Gasteiger partial charge in [-0.25, -0.2) is 0 Å². The van der Waals surface area contributed by atoms with E-state index < -0.39 is 5.97 Å². The predicted molar refractivity (Wildman–Crippen MR) is 91.6 cm³/mol. The van der Waals surface area contributed by atoms with Gasteiger partial charge < -0.3 is 14.7 Å². The third-order valence-corrected chi connectivity index (χ3v) is 4.48. The van der Waals surface area contributed by atoms with E-state index in [1.165, 1.54) is 0 Å². The Balaban J connectivity index is 1.64. The molecular formula is C19H20N2O4. The van der Waals surface area contributed by atoms with Crippen LogP contribution in [0.2, 0.25) is 0 Å². The summed E-state index contributed by atoms with van der Waals surface area (Å²) in [5, 5.41) is 9.18.